The smallest absolute Gasteiger partial charge is 0.308 e. The molecule has 0 aliphatic carbocycles. The molecule has 0 radical (unpaired) electrons. The van der Waals surface area contributed by atoms with E-state index in [1.165, 1.54) is 12.0 Å². The molecule has 7 heteroatoms. The summed E-state index contributed by atoms with van der Waals surface area (Å²) in [5.41, 5.74) is 6.46. The summed E-state index contributed by atoms with van der Waals surface area (Å²) >= 11 is 0. The number of carbonyl (C=O) groups excluding carboxylic acids is 3. The Hall–Kier alpha value is -2.57. The number of nitrogens with one attached hydrogen (secondary N) is 1. The van der Waals surface area contributed by atoms with Crippen LogP contribution in [-0.4, -0.2) is 48.9 Å². The molecule has 1 fully saturated rings. The summed E-state index contributed by atoms with van der Waals surface area (Å²) in [7, 11) is 1.24. The second kappa shape index (κ2) is 6.25. The molecule has 1 aliphatic rings. The van der Waals surface area contributed by atoms with Gasteiger partial charge in [-0.2, -0.15) is 0 Å². The minimum Gasteiger partial charge on any atom is -0.469 e. The highest BCUT2D eigenvalue weighted by molar-refractivity contribution is 6.02. The molecule has 0 saturated carbocycles. The molecule has 0 aromatic heterocycles. The van der Waals surface area contributed by atoms with Crippen LogP contribution >= 0.6 is 0 Å². The molecule has 3 N–H and O–H groups in total. The molecular formula is C14H17N3O4. The summed E-state index contributed by atoms with van der Waals surface area (Å²) in [4.78, 5) is 37.3. The fourth-order valence-electron chi connectivity index (χ4n) is 2.25. The van der Waals surface area contributed by atoms with E-state index in [0.717, 1.165) is 0 Å². The predicted molar refractivity (Wildman–Crippen MR) is 75.3 cm³/mol. The Morgan fingerprint density at radius 2 is 2.14 bits per heavy atom. The quantitative estimate of drug-likeness (QED) is 0.592. The highest BCUT2D eigenvalue weighted by atomic mass is 16.5. The number of amides is 2. The van der Waals surface area contributed by atoms with Crippen molar-refractivity contribution in [2.45, 2.75) is 12.5 Å². The lowest BCUT2D eigenvalue weighted by atomic mass is 10.1. The zero-order valence-corrected chi connectivity index (χ0v) is 11.7. The van der Waals surface area contributed by atoms with E-state index < -0.39 is 12.0 Å². The van der Waals surface area contributed by atoms with Gasteiger partial charge in [0.1, 0.15) is 6.04 Å². The van der Waals surface area contributed by atoms with Crippen molar-refractivity contribution in [1.82, 2.24) is 10.2 Å². The first kappa shape index (κ1) is 14.8. The standard InChI is InChI=1S/C14H17N3O4/c1-21-12(18)8-11-13(19)16-6-7-17(11)14(20)9-4-2-3-5-10(9)15/h2-5,11H,6-8,15H2,1H3,(H,16,19)/t11-/m0/s1. The molecule has 7 nitrogen and oxygen atoms in total. The van der Waals surface area contributed by atoms with Gasteiger partial charge in [0.15, 0.2) is 0 Å². The Bertz CT molecular complexity index is 573. The Labute approximate surface area is 122 Å². The summed E-state index contributed by atoms with van der Waals surface area (Å²) in [5, 5.41) is 2.64. The molecule has 0 bridgehead atoms. The molecule has 1 atom stereocenters. The predicted octanol–water partition coefficient (Wildman–Crippen LogP) is -0.227. The summed E-state index contributed by atoms with van der Waals surface area (Å²) in [5.74, 6) is -1.28. The van der Waals surface area contributed by atoms with Gasteiger partial charge in [-0.3, -0.25) is 14.4 Å². The number of nitrogens with zero attached hydrogens (tertiary/aromatic N) is 1. The third-order valence-corrected chi connectivity index (χ3v) is 3.37. The number of benzene rings is 1. The van der Waals surface area contributed by atoms with E-state index in [1.54, 1.807) is 24.3 Å². The molecule has 0 unspecified atom stereocenters. The van der Waals surface area contributed by atoms with E-state index in [9.17, 15) is 14.4 Å². The van der Waals surface area contributed by atoms with Crippen molar-refractivity contribution in [2.24, 2.45) is 0 Å². The van der Waals surface area contributed by atoms with Gasteiger partial charge in [-0.1, -0.05) is 12.1 Å². The number of para-hydroxylation sites is 1. The normalized spacial score (nSPS) is 18.0. The topological polar surface area (TPSA) is 102 Å². The largest absolute Gasteiger partial charge is 0.469 e. The van der Waals surface area contributed by atoms with Gasteiger partial charge in [0.2, 0.25) is 5.91 Å². The van der Waals surface area contributed by atoms with E-state index >= 15 is 0 Å². The average Bonchev–Trinajstić information content (AvgIpc) is 2.49. The van der Waals surface area contributed by atoms with Gasteiger partial charge in [0.05, 0.1) is 19.1 Å². The minimum absolute atomic E-state index is 0.180. The Kier molecular flexibility index (Phi) is 4.42. The number of rotatable bonds is 3. The third kappa shape index (κ3) is 3.13. The second-order valence-electron chi connectivity index (χ2n) is 4.67. The van der Waals surface area contributed by atoms with E-state index in [0.29, 0.717) is 24.3 Å². The van der Waals surface area contributed by atoms with E-state index in [-0.39, 0.29) is 18.2 Å². The number of nitrogens with two attached hydrogens (primary N) is 1. The summed E-state index contributed by atoms with van der Waals surface area (Å²) in [6.45, 7) is 0.662. The highest BCUT2D eigenvalue weighted by Gasteiger charge is 2.35. The lowest BCUT2D eigenvalue weighted by molar-refractivity contribution is -0.145. The van der Waals surface area contributed by atoms with Crippen molar-refractivity contribution in [3.8, 4) is 0 Å². The third-order valence-electron chi connectivity index (χ3n) is 3.37. The fraction of sp³-hybridized carbons (Fsp3) is 0.357. The van der Waals surface area contributed by atoms with Crippen LogP contribution in [0.3, 0.4) is 0 Å². The molecular weight excluding hydrogens is 274 g/mol. The van der Waals surface area contributed by atoms with Crippen LogP contribution in [0.2, 0.25) is 0 Å². The second-order valence-corrected chi connectivity index (χ2v) is 4.67. The number of piperazine rings is 1. The number of nitrogen functional groups attached to an aromatic ring is 1. The van der Waals surface area contributed by atoms with Crippen molar-refractivity contribution in [1.29, 1.82) is 0 Å². The molecule has 1 saturated heterocycles. The maximum Gasteiger partial charge on any atom is 0.308 e. The van der Waals surface area contributed by atoms with Crippen molar-refractivity contribution in [3.05, 3.63) is 29.8 Å². The van der Waals surface area contributed by atoms with Gasteiger partial charge in [-0.25, -0.2) is 0 Å². The number of methoxy groups -OCH3 is 1. The van der Waals surface area contributed by atoms with Crippen LogP contribution in [0, 0.1) is 0 Å². The number of anilines is 1. The Morgan fingerprint density at radius 1 is 1.43 bits per heavy atom. The fourth-order valence-corrected chi connectivity index (χ4v) is 2.25. The van der Waals surface area contributed by atoms with Gasteiger partial charge in [0, 0.05) is 18.8 Å². The van der Waals surface area contributed by atoms with Crippen LogP contribution in [-0.2, 0) is 14.3 Å². The molecule has 1 aromatic carbocycles. The van der Waals surface area contributed by atoms with E-state index in [1.807, 2.05) is 0 Å². The van der Waals surface area contributed by atoms with E-state index in [2.05, 4.69) is 10.1 Å². The lowest BCUT2D eigenvalue weighted by Gasteiger charge is -2.34. The van der Waals surface area contributed by atoms with Crippen molar-refractivity contribution < 1.29 is 19.1 Å². The van der Waals surface area contributed by atoms with Crippen molar-refractivity contribution >= 4 is 23.5 Å². The number of carbonyl (C=O) groups is 3. The number of hydrogen-bond acceptors (Lipinski definition) is 5. The zero-order chi connectivity index (χ0) is 15.4. The molecule has 1 heterocycles. The average molecular weight is 291 g/mol. The molecule has 1 aliphatic heterocycles. The molecule has 2 rings (SSSR count). The van der Waals surface area contributed by atoms with Crippen LogP contribution in [0.5, 0.6) is 0 Å². The monoisotopic (exact) mass is 291 g/mol. The van der Waals surface area contributed by atoms with Crippen LogP contribution in [0.25, 0.3) is 0 Å². The maximum atomic E-state index is 12.6. The SMILES string of the molecule is COC(=O)C[C@H]1C(=O)NCCN1C(=O)c1ccccc1N. The van der Waals surface area contributed by atoms with Gasteiger partial charge in [-0.05, 0) is 12.1 Å². The number of ether oxygens (including phenoxy) is 1. The Morgan fingerprint density at radius 3 is 2.81 bits per heavy atom. The Balaban J connectivity index is 2.26. The van der Waals surface area contributed by atoms with Crippen LogP contribution in [0.4, 0.5) is 5.69 Å². The summed E-state index contributed by atoms with van der Waals surface area (Å²) < 4.78 is 4.58. The number of hydrogen-bond donors (Lipinski definition) is 2. The van der Waals surface area contributed by atoms with Crippen LogP contribution in [0.15, 0.2) is 24.3 Å². The molecule has 1 aromatic rings. The summed E-state index contributed by atoms with van der Waals surface area (Å²) in [6, 6.07) is 5.76. The van der Waals surface area contributed by atoms with Gasteiger partial charge >= 0.3 is 5.97 Å². The molecule has 112 valence electrons. The lowest BCUT2D eigenvalue weighted by Crippen LogP contribution is -2.57. The maximum absolute atomic E-state index is 12.6. The van der Waals surface area contributed by atoms with Crippen LogP contribution in [0.1, 0.15) is 16.8 Å². The van der Waals surface area contributed by atoms with Gasteiger partial charge < -0.3 is 20.7 Å². The first-order chi connectivity index (χ1) is 10.0. The molecule has 0 spiro atoms. The van der Waals surface area contributed by atoms with E-state index in [4.69, 9.17) is 5.73 Å². The van der Waals surface area contributed by atoms with Crippen molar-refractivity contribution in [2.75, 3.05) is 25.9 Å². The zero-order valence-electron chi connectivity index (χ0n) is 11.7. The van der Waals surface area contributed by atoms with Gasteiger partial charge in [-0.15, -0.1) is 0 Å². The van der Waals surface area contributed by atoms with Gasteiger partial charge in [0.25, 0.3) is 5.91 Å². The molecule has 2 amide bonds. The van der Waals surface area contributed by atoms with Crippen LogP contribution < -0.4 is 11.1 Å². The summed E-state index contributed by atoms with van der Waals surface area (Å²) in [6.07, 6.45) is -0.180. The first-order valence-electron chi connectivity index (χ1n) is 6.54. The number of esters is 1. The first-order valence-corrected chi connectivity index (χ1v) is 6.54. The highest BCUT2D eigenvalue weighted by Crippen LogP contribution is 2.18. The molecule has 21 heavy (non-hydrogen) atoms. The van der Waals surface area contributed by atoms with Crippen molar-refractivity contribution in [3.63, 3.8) is 0 Å². The minimum atomic E-state index is -0.877.